The molecule has 1 aliphatic rings. The van der Waals surface area contributed by atoms with Crippen molar-refractivity contribution in [2.45, 2.75) is 32.7 Å². The van der Waals surface area contributed by atoms with E-state index in [0.29, 0.717) is 6.54 Å². The topological polar surface area (TPSA) is 29.3 Å². The second-order valence-electron chi connectivity index (χ2n) is 4.83. The van der Waals surface area contributed by atoms with Crippen LogP contribution in [0.25, 0.3) is 0 Å². The Labute approximate surface area is 112 Å². The lowest BCUT2D eigenvalue weighted by Crippen LogP contribution is -2.22. The second kappa shape index (κ2) is 5.87. The van der Waals surface area contributed by atoms with Gasteiger partial charge in [-0.2, -0.15) is 0 Å². The van der Waals surface area contributed by atoms with E-state index in [1.54, 1.807) is 0 Å². The van der Waals surface area contributed by atoms with E-state index in [0.717, 1.165) is 10.4 Å². The molecule has 2 N–H and O–H groups in total. The monoisotopic (exact) mass is 296 g/mol. The van der Waals surface area contributed by atoms with Crippen LogP contribution in [0.1, 0.15) is 31.7 Å². The molecule has 1 aromatic rings. The molecule has 0 bridgehead atoms. The summed E-state index contributed by atoms with van der Waals surface area (Å²) < 4.78 is 1.14. The Morgan fingerprint density at radius 1 is 1.47 bits per heavy atom. The number of anilines is 1. The zero-order chi connectivity index (χ0) is 12.3. The summed E-state index contributed by atoms with van der Waals surface area (Å²) in [4.78, 5) is 2.49. The van der Waals surface area contributed by atoms with Gasteiger partial charge >= 0.3 is 0 Å². The highest BCUT2D eigenvalue weighted by Crippen LogP contribution is 2.32. The van der Waals surface area contributed by atoms with Gasteiger partial charge < -0.3 is 10.6 Å². The van der Waals surface area contributed by atoms with Crippen molar-refractivity contribution in [3.05, 3.63) is 28.2 Å². The van der Waals surface area contributed by atoms with Crippen LogP contribution in [0.5, 0.6) is 0 Å². The van der Waals surface area contributed by atoms with Crippen LogP contribution < -0.4 is 10.6 Å². The summed E-state index contributed by atoms with van der Waals surface area (Å²) in [5.41, 5.74) is 8.42. The molecule has 1 fully saturated rings. The first-order valence-electron chi connectivity index (χ1n) is 6.48. The Morgan fingerprint density at radius 3 is 3.00 bits per heavy atom. The molecule has 0 aromatic heterocycles. The van der Waals surface area contributed by atoms with Gasteiger partial charge in [0.1, 0.15) is 0 Å². The minimum atomic E-state index is 0.603. The fourth-order valence-electron chi connectivity index (χ4n) is 2.74. The number of nitrogens with zero attached hydrogens (tertiary/aromatic N) is 1. The van der Waals surface area contributed by atoms with Gasteiger partial charge in [0, 0.05) is 35.4 Å². The summed E-state index contributed by atoms with van der Waals surface area (Å²) >= 11 is 3.59. The van der Waals surface area contributed by atoms with Crippen LogP contribution in [0.3, 0.4) is 0 Å². The largest absolute Gasteiger partial charge is 0.371 e. The molecule has 0 radical (unpaired) electrons. The van der Waals surface area contributed by atoms with E-state index < -0.39 is 0 Å². The third-order valence-electron chi connectivity index (χ3n) is 3.62. The number of benzene rings is 1. The van der Waals surface area contributed by atoms with Crippen molar-refractivity contribution in [1.29, 1.82) is 0 Å². The zero-order valence-electron chi connectivity index (χ0n) is 10.5. The number of nitrogens with two attached hydrogens (primary N) is 1. The van der Waals surface area contributed by atoms with Crippen molar-refractivity contribution in [2.24, 2.45) is 11.7 Å². The van der Waals surface area contributed by atoms with E-state index in [-0.39, 0.29) is 0 Å². The predicted molar refractivity (Wildman–Crippen MR) is 77.3 cm³/mol. The Morgan fingerprint density at radius 2 is 2.29 bits per heavy atom. The molecule has 0 saturated carbocycles. The van der Waals surface area contributed by atoms with Gasteiger partial charge in [0.25, 0.3) is 0 Å². The highest BCUT2D eigenvalue weighted by Gasteiger charge is 2.23. The van der Waals surface area contributed by atoms with E-state index >= 15 is 0 Å². The lowest BCUT2D eigenvalue weighted by Gasteiger charge is -2.22. The van der Waals surface area contributed by atoms with Crippen molar-refractivity contribution in [1.82, 2.24) is 0 Å². The molecule has 1 heterocycles. The van der Waals surface area contributed by atoms with E-state index in [4.69, 9.17) is 5.73 Å². The molecule has 2 rings (SSSR count). The van der Waals surface area contributed by atoms with E-state index in [2.05, 4.69) is 46.0 Å². The maximum Gasteiger partial charge on any atom is 0.0423 e. The van der Waals surface area contributed by atoms with Crippen molar-refractivity contribution in [3.63, 3.8) is 0 Å². The van der Waals surface area contributed by atoms with Crippen molar-refractivity contribution in [3.8, 4) is 0 Å². The van der Waals surface area contributed by atoms with E-state index in [1.807, 2.05) is 0 Å². The Bertz CT molecular complexity index is 378. The third kappa shape index (κ3) is 2.83. The summed E-state index contributed by atoms with van der Waals surface area (Å²) in [6.07, 6.45) is 3.97. The van der Waals surface area contributed by atoms with Gasteiger partial charge in [0.05, 0.1) is 0 Å². The molecular formula is C14H21BrN2. The van der Waals surface area contributed by atoms with Crippen molar-refractivity contribution < 1.29 is 0 Å². The minimum absolute atomic E-state index is 0.603. The fourth-order valence-corrected chi connectivity index (χ4v) is 3.26. The van der Waals surface area contributed by atoms with Gasteiger partial charge in [0.2, 0.25) is 0 Å². The maximum absolute atomic E-state index is 5.86. The van der Waals surface area contributed by atoms with Gasteiger partial charge in [-0.25, -0.2) is 0 Å². The molecule has 1 aliphatic heterocycles. The first-order chi connectivity index (χ1) is 8.26. The number of halogens is 1. The molecule has 94 valence electrons. The van der Waals surface area contributed by atoms with Crippen LogP contribution in [0.15, 0.2) is 22.7 Å². The van der Waals surface area contributed by atoms with Crippen LogP contribution in [-0.2, 0) is 6.54 Å². The summed E-state index contributed by atoms with van der Waals surface area (Å²) in [6.45, 7) is 5.24. The zero-order valence-corrected chi connectivity index (χ0v) is 12.0. The summed E-state index contributed by atoms with van der Waals surface area (Å²) in [6, 6.07) is 6.37. The minimum Gasteiger partial charge on any atom is -0.371 e. The molecule has 1 unspecified atom stereocenters. The second-order valence-corrected chi connectivity index (χ2v) is 5.69. The average Bonchev–Trinajstić information content (AvgIpc) is 2.78. The molecule has 3 heteroatoms. The lowest BCUT2D eigenvalue weighted by molar-refractivity contribution is 0.529. The molecule has 0 amide bonds. The lowest BCUT2D eigenvalue weighted by atomic mass is 10.0. The number of hydrogen-bond donors (Lipinski definition) is 1. The average molecular weight is 297 g/mol. The first kappa shape index (κ1) is 12.9. The Hall–Kier alpha value is -0.540. The summed E-state index contributed by atoms with van der Waals surface area (Å²) in [5, 5.41) is 0. The van der Waals surface area contributed by atoms with Gasteiger partial charge in [-0.1, -0.05) is 35.3 Å². The predicted octanol–water partition coefficient (Wildman–Crippen LogP) is 3.53. The molecule has 1 atom stereocenters. The fraction of sp³-hybridized carbons (Fsp3) is 0.571. The highest BCUT2D eigenvalue weighted by atomic mass is 79.9. The quantitative estimate of drug-likeness (QED) is 0.921. The number of hydrogen-bond acceptors (Lipinski definition) is 2. The standard InChI is InChI=1S/C14H21BrN2/c1-2-4-11-7-8-17(10-11)14-6-3-5-13(15)12(14)9-16/h3,5-6,11H,2,4,7-10,16H2,1H3. The van der Waals surface area contributed by atoms with Gasteiger partial charge in [-0.05, 0) is 30.9 Å². The first-order valence-corrected chi connectivity index (χ1v) is 7.28. The van der Waals surface area contributed by atoms with Gasteiger partial charge in [-0.15, -0.1) is 0 Å². The van der Waals surface area contributed by atoms with Crippen LogP contribution in [0.2, 0.25) is 0 Å². The molecule has 17 heavy (non-hydrogen) atoms. The molecule has 2 nitrogen and oxygen atoms in total. The van der Waals surface area contributed by atoms with Crippen LogP contribution >= 0.6 is 15.9 Å². The van der Waals surface area contributed by atoms with Gasteiger partial charge in [-0.3, -0.25) is 0 Å². The van der Waals surface area contributed by atoms with Crippen LogP contribution in [-0.4, -0.2) is 13.1 Å². The van der Waals surface area contributed by atoms with E-state index in [1.165, 1.54) is 43.6 Å². The Balaban J connectivity index is 2.15. The van der Waals surface area contributed by atoms with Crippen molar-refractivity contribution >= 4 is 21.6 Å². The molecule has 0 aliphatic carbocycles. The molecular weight excluding hydrogens is 276 g/mol. The SMILES string of the molecule is CCCC1CCN(c2cccc(Br)c2CN)C1. The Kier molecular flexibility index (Phi) is 4.46. The normalized spacial score (nSPS) is 19.9. The molecule has 1 aromatic carbocycles. The molecule has 1 saturated heterocycles. The van der Waals surface area contributed by atoms with E-state index in [9.17, 15) is 0 Å². The van der Waals surface area contributed by atoms with Gasteiger partial charge in [0.15, 0.2) is 0 Å². The summed E-state index contributed by atoms with van der Waals surface area (Å²) in [5.74, 6) is 0.865. The molecule has 0 spiro atoms. The third-order valence-corrected chi connectivity index (χ3v) is 4.36. The van der Waals surface area contributed by atoms with Crippen LogP contribution in [0.4, 0.5) is 5.69 Å². The highest BCUT2D eigenvalue weighted by molar-refractivity contribution is 9.10. The number of rotatable bonds is 4. The van der Waals surface area contributed by atoms with Crippen molar-refractivity contribution in [2.75, 3.05) is 18.0 Å². The summed E-state index contributed by atoms with van der Waals surface area (Å²) in [7, 11) is 0. The maximum atomic E-state index is 5.86. The smallest absolute Gasteiger partial charge is 0.0423 e. The van der Waals surface area contributed by atoms with Crippen LogP contribution in [0, 0.1) is 5.92 Å².